The quantitative estimate of drug-likeness (QED) is 0.768. The molecule has 1 fully saturated rings. The predicted octanol–water partition coefficient (Wildman–Crippen LogP) is 1.08. The van der Waals surface area contributed by atoms with Crippen LogP contribution in [0.25, 0.3) is 0 Å². The van der Waals surface area contributed by atoms with Gasteiger partial charge in [-0.15, -0.1) is 0 Å². The SMILES string of the molecule is Cc1ncccc1N1CC(C)C(=O)NC1=O. The summed E-state index contributed by atoms with van der Waals surface area (Å²) in [7, 11) is 0. The highest BCUT2D eigenvalue weighted by Gasteiger charge is 2.30. The number of carbonyl (C=O) groups excluding carboxylic acids is 2. The first-order valence-electron chi connectivity index (χ1n) is 5.13. The zero-order valence-electron chi connectivity index (χ0n) is 9.23. The summed E-state index contributed by atoms with van der Waals surface area (Å²) in [5.41, 5.74) is 1.53. The summed E-state index contributed by atoms with van der Waals surface area (Å²) in [4.78, 5) is 28.6. The Balaban J connectivity index is 2.31. The van der Waals surface area contributed by atoms with Gasteiger partial charge < -0.3 is 0 Å². The summed E-state index contributed by atoms with van der Waals surface area (Å²) in [5, 5.41) is 2.33. The highest BCUT2D eigenvalue weighted by atomic mass is 16.2. The zero-order valence-corrected chi connectivity index (χ0v) is 9.23. The standard InChI is InChI=1S/C11H13N3O2/c1-7-6-14(11(16)13-10(7)15)9-4-3-5-12-8(9)2/h3-5,7H,6H2,1-2H3,(H,13,15,16). The number of aryl methyl sites for hydroxylation is 1. The maximum atomic E-state index is 11.7. The van der Waals surface area contributed by atoms with E-state index in [4.69, 9.17) is 0 Å². The zero-order chi connectivity index (χ0) is 11.7. The average molecular weight is 219 g/mol. The van der Waals surface area contributed by atoms with Gasteiger partial charge in [0.1, 0.15) is 0 Å². The number of nitrogens with one attached hydrogen (secondary N) is 1. The van der Waals surface area contributed by atoms with Crippen molar-refractivity contribution < 1.29 is 9.59 Å². The maximum absolute atomic E-state index is 11.7. The maximum Gasteiger partial charge on any atom is 0.328 e. The highest BCUT2D eigenvalue weighted by molar-refractivity contribution is 6.06. The Morgan fingerprint density at radius 3 is 2.94 bits per heavy atom. The molecular weight excluding hydrogens is 206 g/mol. The number of nitrogens with zero attached hydrogens (tertiary/aromatic N) is 2. The van der Waals surface area contributed by atoms with Crippen molar-refractivity contribution in [2.75, 3.05) is 11.4 Å². The number of hydrogen-bond donors (Lipinski definition) is 1. The van der Waals surface area contributed by atoms with E-state index in [-0.39, 0.29) is 17.9 Å². The largest absolute Gasteiger partial charge is 0.328 e. The molecule has 1 N–H and O–H groups in total. The second-order valence-corrected chi connectivity index (χ2v) is 3.91. The summed E-state index contributed by atoms with van der Waals surface area (Å²) >= 11 is 0. The third-order valence-corrected chi connectivity index (χ3v) is 2.65. The van der Waals surface area contributed by atoms with E-state index in [1.807, 2.05) is 13.0 Å². The summed E-state index contributed by atoms with van der Waals surface area (Å²) < 4.78 is 0. The number of carbonyl (C=O) groups is 2. The van der Waals surface area contributed by atoms with Crippen molar-refractivity contribution in [1.82, 2.24) is 10.3 Å². The number of imide groups is 1. The Morgan fingerprint density at radius 2 is 2.25 bits per heavy atom. The van der Waals surface area contributed by atoms with Crippen LogP contribution < -0.4 is 10.2 Å². The topological polar surface area (TPSA) is 62.3 Å². The van der Waals surface area contributed by atoms with Crippen LogP contribution in [-0.2, 0) is 4.79 Å². The number of anilines is 1. The molecule has 5 nitrogen and oxygen atoms in total. The van der Waals surface area contributed by atoms with Crippen molar-refractivity contribution in [3.63, 3.8) is 0 Å². The monoisotopic (exact) mass is 219 g/mol. The summed E-state index contributed by atoms with van der Waals surface area (Å²) in [6, 6.07) is 3.22. The number of urea groups is 1. The van der Waals surface area contributed by atoms with Gasteiger partial charge in [0.25, 0.3) is 0 Å². The number of rotatable bonds is 1. The van der Waals surface area contributed by atoms with Gasteiger partial charge in [-0.25, -0.2) is 4.79 Å². The summed E-state index contributed by atoms with van der Waals surface area (Å²) in [6.07, 6.45) is 1.68. The fourth-order valence-electron chi connectivity index (χ4n) is 1.70. The van der Waals surface area contributed by atoms with Crippen molar-refractivity contribution in [3.05, 3.63) is 24.0 Å². The van der Waals surface area contributed by atoms with E-state index in [2.05, 4.69) is 10.3 Å². The molecule has 16 heavy (non-hydrogen) atoms. The van der Waals surface area contributed by atoms with Crippen LogP contribution in [0, 0.1) is 12.8 Å². The van der Waals surface area contributed by atoms with Crippen LogP contribution in [-0.4, -0.2) is 23.5 Å². The number of pyridine rings is 1. The minimum Gasteiger partial charge on any atom is -0.292 e. The molecule has 1 aromatic rings. The van der Waals surface area contributed by atoms with Crippen LogP contribution in [0.5, 0.6) is 0 Å². The smallest absolute Gasteiger partial charge is 0.292 e. The summed E-state index contributed by atoms with van der Waals surface area (Å²) in [6.45, 7) is 4.03. The molecule has 0 aromatic carbocycles. The van der Waals surface area contributed by atoms with Gasteiger partial charge in [-0.3, -0.25) is 20.0 Å². The third kappa shape index (κ3) is 1.76. The molecule has 0 spiro atoms. The lowest BCUT2D eigenvalue weighted by atomic mass is 10.1. The van der Waals surface area contributed by atoms with E-state index in [0.29, 0.717) is 6.54 Å². The molecule has 1 aliphatic rings. The Bertz CT molecular complexity index is 445. The second-order valence-electron chi connectivity index (χ2n) is 3.91. The number of amides is 3. The Morgan fingerprint density at radius 1 is 1.50 bits per heavy atom. The Kier molecular flexibility index (Phi) is 2.60. The van der Waals surface area contributed by atoms with Gasteiger partial charge >= 0.3 is 6.03 Å². The fraction of sp³-hybridized carbons (Fsp3) is 0.364. The minimum atomic E-state index is -0.376. The lowest BCUT2D eigenvalue weighted by Crippen LogP contribution is -2.54. The molecule has 0 radical (unpaired) electrons. The van der Waals surface area contributed by atoms with Gasteiger partial charge in [0.05, 0.1) is 17.3 Å². The molecule has 1 atom stereocenters. The highest BCUT2D eigenvalue weighted by Crippen LogP contribution is 2.21. The molecule has 1 unspecified atom stereocenters. The van der Waals surface area contributed by atoms with Crippen LogP contribution >= 0.6 is 0 Å². The van der Waals surface area contributed by atoms with Crippen LogP contribution in [0.2, 0.25) is 0 Å². The van der Waals surface area contributed by atoms with Gasteiger partial charge in [0.15, 0.2) is 0 Å². The minimum absolute atomic E-state index is 0.197. The molecule has 84 valence electrons. The molecule has 2 heterocycles. The van der Waals surface area contributed by atoms with Crippen molar-refractivity contribution in [2.24, 2.45) is 5.92 Å². The summed E-state index contributed by atoms with van der Waals surface area (Å²) in [5.74, 6) is -0.417. The van der Waals surface area contributed by atoms with Crippen molar-refractivity contribution in [3.8, 4) is 0 Å². The number of hydrogen-bond acceptors (Lipinski definition) is 3. The van der Waals surface area contributed by atoms with E-state index in [9.17, 15) is 9.59 Å². The lowest BCUT2D eigenvalue weighted by molar-refractivity contribution is -0.123. The number of aromatic nitrogens is 1. The van der Waals surface area contributed by atoms with Crippen molar-refractivity contribution in [1.29, 1.82) is 0 Å². The third-order valence-electron chi connectivity index (χ3n) is 2.65. The second kappa shape index (κ2) is 3.92. The normalized spacial score (nSPS) is 20.9. The van der Waals surface area contributed by atoms with Crippen molar-refractivity contribution in [2.45, 2.75) is 13.8 Å². The van der Waals surface area contributed by atoms with Crippen molar-refractivity contribution >= 4 is 17.6 Å². The average Bonchev–Trinajstić information content (AvgIpc) is 2.25. The first-order chi connectivity index (χ1) is 7.59. The van der Waals surface area contributed by atoms with Crippen LogP contribution in [0.4, 0.5) is 10.5 Å². The first-order valence-corrected chi connectivity index (χ1v) is 5.13. The predicted molar refractivity (Wildman–Crippen MR) is 59.0 cm³/mol. The van der Waals surface area contributed by atoms with Gasteiger partial charge in [-0.1, -0.05) is 6.92 Å². The van der Waals surface area contributed by atoms with E-state index >= 15 is 0 Å². The van der Waals surface area contributed by atoms with E-state index in [0.717, 1.165) is 11.4 Å². The van der Waals surface area contributed by atoms with Crippen LogP contribution in [0.3, 0.4) is 0 Å². The Hall–Kier alpha value is -1.91. The van der Waals surface area contributed by atoms with E-state index < -0.39 is 0 Å². The van der Waals surface area contributed by atoms with Gasteiger partial charge in [0.2, 0.25) is 5.91 Å². The molecule has 5 heteroatoms. The molecular formula is C11H13N3O2. The van der Waals surface area contributed by atoms with E-state index in [1.165, 1.54) is 0 Å². The molecule has 1 aliphatic heterocycles. The Labute approximate surface area is 93.5 Å². The first kappa shape index (κ1) is 10.6. The molecule has 0 aliphatic carbocycles. The molecule has 0 saturated carbocycles. The van der Waals surface area contributed by atoms with E-state index in [1.54, 1.807) is 24.1 Å². The van der Waals surface area contributed by atoms with Crippen LogP contribution in [0.1, 0.15) is 12.6 Å². The van der Waals surface area contributed by atoms with Gasteiger partial charge in [0, 0.05) is 12.7 Å². The molecule has 1 aromatic heterocycles. The molecule has 3 amide bonds. The lowest BCUT2D eigenvalue weighted by Gasteiger charge is -2.30. The molecule has 2 rings (SSSR count). The van der Waals surface area contributed by atoms with Crippen LogP contribution in [0.15, 0.2) is 18.3 Å². The molecule has 0 bridgehead atoms. The fourth-order valence-corrected chi connectivity index (χ4v) is 1.70. The van der Waals surface area contributed by atoms with Gasteiger partial charge in [-0.2, -0.15) is 0 Å². The van der Waals surface area contributed by atoms with Gasteiger partial charge in [-0.05, 0) is 19.1 Å². The molecule has 1 saturated heterocycles.